The van der Waals surface area contributed by atoms with Crippen LogP contribution in [0.3, 0.4) is 0 Å². The van der Waals surface area contributed by atoms with Crippen molar-refractivity contribution in [2.45, 2.75) is 36.1 Å². The van der Waals surface area contributed by atoms with Crippen molar-refractivity contribution >= 4 is 40.1 Å². The Bertz CT molecular complexity index is 474. The molecule has 0 atom stereocenters. The van der Waals surface area contributed by atoms with E-state index in [1.54, 1.807) is 0 Å². The van der Waals surface area contributed by atoms with Crippen LogP contribution in [0.5, 0.6) is 0 Å². The number of rotatable bonds is 6. The minimum Gasteiger partial charge on any atom is -0.455 e. The topological polar surface area (TPSA) is 107 Å². The molecule has 0 aromatic carbocycles. The van der Waals surface area contributed by atoms with Crippen molar-refractivity contribution in [1.29, 1.82) is 0 Å². The maximum atomic E-state index is 11.5. The molecule has 9 heteroatoms. The van der Waals surface area contributed by atoms with Gasteiger partial charge in [-0.2, -0.15) is 0 Å². The van der Waals surface area contributed by atoms with Crippen molar-refractivity contribution in [2.75, 3.05) is 18.1 Å². The molecule has 20 heavy (non-hydrogen) atoms. The van der Waals surface area contributed by atoms with Crippen LogP contribution in [0.1, 0.15) is 25.7 Å². The number of nitrogen functional groups attached to an aromatic ring is 1. The Morgan fingerprint density at radius 1 is 1.40 bits per heavy atom. The number of carbonyl (C=O) groups is 2. The normalized spacial score (nSPS) is 15.2. The summed E-state index contributed by atoms with van der Waals surface area (Å²) in [5.41, 5.74) is 5.42. The second kappa shape index (κ2) is 7.44. The molecule has 1 aliphatic rings. The van der Waals surface area contributed by atoms with Gasteiger partial charge in [-0.1, -0.05) is 35.9 Å². The van der Waals surface area contributed by atoms with Crippen LogP contribution in [0.15, 0.2) is 4.34 Å². The molecule has 0 bridgehead atoms. The molecular formula is C11H16N4O3S2. The third-order valence-electron chi connectivity index (χ3n) is 2.82. The average Bonchev–Trinajstić information content (AvgIpc) is 3.05. The molecule has 1 heterocycles. The Balaban J connectivity index is 1.60. The highest BCUT2D eigenvalue weighted by molar-refractivity contribution is 8.01. The zero-order valence-corrected chi connectivity index (χ0v) is 12.5. The Morgan fingerprint density at radius 2 is 2.15 bits per heavy atom. The molecular weight excluding hydrogens is 300 g/mol. The van der Waals surface area contributed by atoms with Gasteiger partial charge >= 0.3 is 5.97 Å². The summed E-state index contributed by atoms with van der Waals surface area (Å²) in [5, 5.41) is 10.6. The molecule has 1 aliphatic carbocycles. The number of nitrogens with two attached hydrogens (primary N) is 1. The summed E-state index contributed by atoms with van der Waals surface area (Å²) in [6.07, 6.45) is 4.31. The van der Waals surface area contributed by atoms with E-state index in [9.17, 15) is 9.59 Å². The van der Waals surface area contributed by atoms with Gasteiger partial charge in [0.05, 0.1) is 5.75 Å². The summed E-state index contributed by atoms with van der Waals surface area (Å²) in [5.74, 6) is -0.605. The van der Waals surface area contributed by atoms with Gasteiger partial charge in [-0.05, 0) is 12.8 Å². The Hall–Kier alpha value is -1.35. The molecule has 7 nitrogen and oxygen atoms in total. The fraction of sp³-hybridized carbons (Fsp3) is 0.636. The summed E-state index contributed by atoms with van der Waals surface area (Å²) in [4.78, 5) is 23.0. The lowest BCUT2D eigenvalue weighted by molar-refractivity contribution is -0.146. The summed E-state index contributed by atoms with van der Waals surface area (Å²) in [7, 11) is 0. The Kier molecular flexibility index (Phi) is 5.60. The third-order valence-corrected chi connectivity index (χ3v) is 4.68. The first-order chi connectivity index (χ1) is 9.63. The lowest BCUT2D eigenvalue weighted by atomic mass is 10.2. The van der Waals surface area contributed by atoms with Crippen molar-refractivity contribution < 1.29 is 14.3 Å². The molecule has 1 saturated carbocycles. The highest BCUT2D eigenvalue weighted by Gasteiger charge is 2.18. The average molecular weight is 316 g/mol. The third kappa shape index (κ3) is 4.97. The number of hydrogen-bond donors (Lipinski definition) is 2. The predicted molar refractivity (Wildman–Crippen MR) is 76.4 cm³/mol. The molecule has 0 radical (unpaired) electrons. The number of nitrogens with one attached hydrogen (secondary N) is 1. The van der Waals surface area contributed by atoms with Gasteiger partial charge in [0, 0.05) is 6.04 Å². The molecule has 0 saturated heterocycles. The smallest absolute Gasteiger partial charge is 0.316 e. The molecule has 3 N–H and O–H groups in total. The summed E-state index contributed by atoms with van der Waals surface area (Å²) in [6.45, 7) is -0.228. The van der Waals surface area contributed by atoms with E-state index in [4.69, 9.17) is 10.5 Å². The molecule has 2 rings (SSSR count). The predicted octanol–water partition coefficient (Wildman–Crippen LogP) is 0.814. The first-order valence-corrected chi connectivity index (χ1v) is 8.10. The first kappa shape index (κ1) is 15.0. The number of nitrogens with zero attached hydrogens (tertiary/aromatic N) is 2. The Morgan fingerprint density at radius 3 is 2.80 bits per heavy atom. The van der Waals surface area contributed by atoms with Gasteiger partial charge in [-0.3, -0.25) is 9.59 Å². The van der Waals surface area contributed by atoms with Crippen LogP contribution in [0, 0.1) is 0 Å². The van der Waals surface area contributed by atoms with E-state index in [0.29, 0.717) is 9.47 Å². The van der Waals surface area contributed by atoms with Gasteiger partial charge in [0.15, 0.2) is 10.9 Å². The van der Waals surface area contributed by atoms with Crippen molar-refractivity contribution in [3.8, 4) is 0 Å². The number of esters is 1. The van der Waals surface area contributed by atoms with Crippen molar-refractivity contribution in [3.05, 3.63) is 0 Å². The number of thioether (sulfide) groups is 1. The van der Waals surface area contributed by atoms with Gasteiger partial charge in [-0.25, -0.2) is 0 Å². The van der Waals surface area contributed by atoms with Crippen molar-refractivity contribution in [1.82, 2.24) is 15.5 Å². The van der Waals surface area contributed by atoms with Crippen LogP contribution in [0.2, 0.25) is 0 Å². The van der Waals surface area contributed by atoms with E-state index in [-0.39, 0.29) is 24.3 Å². The van der Waals surface area contributed by atoms with Gasteiger partial charge in [-0.15, -0.1) is 10.2 Å². The molecule has 1 fully saturated rings. The van der Waals surface area contributed by atoms with Gasteiger partial charge in [0.1, 0.15) is 0 Å². The van der Waals surface area contributed by atoms with E-state index in [1.165, 1.54) is 23.1 Å². The molecule has 0 spiro atoms. The highest BCUT2D eigenvalue weighted by atomic mass is 32.2. The van der Waals surface area contributed by atoms with Gasteiger partial charge in [0.25, 0.3) is 5.91 Å². The maximum absolute atomic E-state index is 11.5. The fourth-order valence-electron chi connectivity index (χ4n) is 1.93. The number of carbonyl (C=O) groups excluding carboxylic acids is 2. The standard InChI is InChI=1S/C11H16N4O3S2/c12-10-14-15-11(20-10)19-6-9(17)18-5-8(16)13-7-3-1-2-4-7/h7H,1-6H2,(H2,12,14)(H,13,16). The van der Waals surface area contributed by atoms with E-state index in [0.717, 1.165) is 25.7 Å². The van der Waals surface area contributed by atoms with E-state index < -0.39 is 5.97 Å². The van der Waals surface area contributed by atoms with Crippen LogP contribution in [0.25, 0.3) is 0 Å². The minimum atomic E-state index is -0.453. The number of aromatic nitrogens is 2. The number of amides is 1. The lowest BCUT2D eigenvalue weighted by Gasteiger charge is -2.11. The van der Waals surface area contributed by atoms with Gasteiger partial charge in [0.2, 0.25) is 5.13 Å². The van der Waals surface area contributed by atoms with E-state index >= 15 is 0 Å². The number of hydrogen-bond acceptors (Lipinski definition) is 8. The molecule has 1 aromatic rings. The molecule has 0 aliphatic heterocycles. The molecule has 0 unspecified atom stereocenters. The molecule has 1 aromatic heterocycles. The molecule has 110 valence electrons. The highest BCUT2D eigenvalue weighted by Crippen LogP contribution is 2.23. The van der Waals surface area contributed by atoms with Crippen LogP contribution < -0.4 is 11.1 Å². The van der Waals surface area contributed by atoms with Crippen LogP contribution in [-0.2, 0) is 14.3 Å². The number of anilines is 1. The SMILES string of the molecule is Nc1nnc(SCC(=O)OCC(=O)NC2CCCC2)s1. The lowest BCUT2D eigenvalue weighted by Crippen LogP contribution is -2.36. The zero-order chi connectivity index (χ0) is 14.4. The Labute approximate surface area is 124 Å². The van der Waals surface area contributed by atoms with Crippen LogP contribution in [-0.4, -0.2) is 40.5 Å². The quantitative estimate of drug-likeness (QED) is 0.591. The van der Waals surface area contributed by atoms with Crippen LogP contribution >= 0.6 is 23.1 Å². The first-order valence-electron chi connectivity index (χ1n) is 6.30. The maximum Gasteiger partial charge on any atom is 0.316 e. The summed E-state index contributed by atoms with van der Waals surface area (Å²) >= 11 is 2.40. The van der Waals surface area contributed by atoms with Gasteiger partial charge < -0.3 is 15.8 Å². The molecule has 1 amide bonds. The van der Waals surface area contributed by atoms with Crippen molar-refractivity contribution in [2.24, 2.45) is 0 Å². The monoisotopic (exact) mass is 316 g/mol. The minimum absolute atomic E-state index is 0.0886. The summed E-state index contributed by atoms with van der Waals surface area (Å²) in [6, 6.07) is 0.236. The van der Waals surface area contributed by atoms with E-state index in [1.807, 2.05) is 0 Å². The van der Waals surface area contributed by atoms with Crippen molar-refractivity contribution in [3.63, 3.8) is 0 Å². The summed E-state index contributed by atoms with van der Waals surface area (Å²) < 4.78 is 5.50. The fourth-order valence-corrected chi connectivity index (χ4v) is 3.36. The van der Waals surface area contributed by atoms with Crippen LogP contribution in [0.4, 0.5) is 5.13 Å². The second-order valence-electron chi connectivity index (χ2n) is 4.40. The van der Waals surface area contributed by atoms with E-state index in [2.05, 4.69) is 15.5 Å². The zero-order valence-electron chi connectivity index (χ0n) is 10.8. The second-order valence-corrected chi connectivity index (χ2v) is 6.64. The largest absolute Gasteiger partial charge is 0.455 e. The number of ether oxygens (including phenoxy) is 1.